The molecule has 84 valence electrons. The van der Waals surface area contributed by atoms with Gasteiger partial charge < -0.3 is 16.2 Å². The fourth-order valence-electron chi connectivity index (χ4n) is 1.16. The number of aliphatic hydroxyl groups excluding tert-OH is 1. The molecule has 1 atom stereocenters. The fraction of sp³-hybridized carbons (Fsp3) is 0.556. The van der Waals surface area contributed by atoms with E-state index >= 15 is 0 Å². The van der Waals surface area contributed by atoms with E-state index in [0.29, 0.717) is 12.2 Å². The SMILES string of the molecule is CC[C@@H](CO)NC(=O)Cn1ccc(N)n1. The van der Waals surface area contributed by atoms with Crippen LogP contribution in [-0.4, -0.2) is 33.4 Å². The van der Waals surface area contributed by atoms with Gasteiger partial charge in [-0.2, -0.15) is 5.10 Å². The van der Waals surface area contributed by atoms with Crippen molar-refractivity contribution in [2.45, 2.75) is 25.9 Å². The molecule has 0 aliphatic carbocycles. The Morgan fingerprint density at radius 1 is 1.80 bits per heavy atom. The zero-order valence-electron chi connectivity index (χ0n) is 8.68. The van der Waals surface area contributed by atoms with E-state index in [-0.39, 0.29) is 25.1 Å². The van der Waals surface area contributed by atoms with Gasteiger partial charge in [0.25, 0.3) is 0 Å². The lowest BCUT2D eigenvalue weighted by atomic mass is 10.2. The van der Waals surface area contributed by atoms with Crippen LogP contribution in [0.1, 0.15) is 13.3 Å². The van der Waals surface area contributed by atoms with Gasteiger partial charge in [0.1, 0.15) is 12.4 Å². The molecule has 1 amide bonds. The molecule has 15 heavy (non-hydrogen) atoms. The summed E-state index contributed by atoms with van der Waals surface area (Å²) in [5.41, 5.74) is 5.40. The van der Waals surface area contributed by atoms with Crippen LogP contribution < -0.4 is 11.1 Å². The van der Waals surface area contributed by atoms with Gasteiger partial charge in [0.2, 0.25) is 5.91 Å². The van der Waals surface area contributed by atoms with Crippen molar-refractivity contribution in [3.05, 3.63) is 12.3 Å². The quantitative estimate of drug-likeness (QED) is 0.604. The van der Waals surface area contributed by atoms with Crippen LogP contribution in [0.4, 0.5) is 5.82 Å². The molecule has 0 fully saturated rings. The predicted molar refractivity (Wildman–Crippen MR) is 55.9 cm³/mol. The summed E-state index contributed by atoms with van der Waals surface area (Å²) in [6, 6.07) is 1.43. The van der Waals surface area contributed by atoms with Crippen molar-refractivity contribution in [3.63, 3.8) is 0 Å². The second-order valence-corrected chi connectivity index (χ2v) is 3.29. The maximum atomic E-state index is 11.4. The highest BCUT2D eigenvalue weighted by atomic mass is 16.3. The number of nitrogens with one attached hydrogen (secondary N) is 1. The van der Waals surface area contributed by atoms with Gasteiger partial charge in [0.05, 0.1) is 12.6 Å². The first-order chi connectivity index (χ1) is 7.15. The van der Waals surface area contributed by atoms with Crippen molar-refractivity contribution < 1.29 is 9.90 Å². The van der Waals surface area contributed by atoms with Gasteiger partial charge in [-0.25, -0.2) is 0 Å². The number of amides is 1. The van der Waals surface area contributed by atoms with E-state index in [1.807, 2.05) is 6.92 Å². The molecule has 0 spiro atoms. The molecular weight excluding hydrogens is 196 g/mol. The standard InChI is InChI=1S/C9H16N4O2/c1-2-7(6-14)11-9(15)5-13-4-3-8(10)12-13/h3-4,7,14H,2,5-6H2,1H3,(H2,10,12)(H,11,15)/t7-/m0/s1. The molecule has 0 saturated carbocycles. The Morgan fingerprint density at radius 3 is 3.00 bits per heavy atom. The fourth-order valence-corrected chi connectivity index (χ4v) is 1.16. The molecule has 0 bridgehead atoms. The molecule has 1 aromatic rings. The normalized spacial score (nSPS) is 12.4. The first kappa shape index (κ1) is 11.5. The zero-order valence-corrected chi connectivity index (χ0v) is 8.68. The van der Waals surface area contributed by atoms with Gasteiger partial charge in [-0.05, 0) is 12.5 Å². The van der Waals surface area contributed by atoms with Crippen molar-refractivity contribution >= 4 is 11.7 Å². The lowest BCUT2D eigenvalue weighted by Gasteiger charge is -2.13. The molecule has 0 aliphatic heterocycles. The maximum Gasteiger partial charge on any atom is 0.242 e. The van der Waals surface area contributed by atoms with Crippen LogP contribution in [0.25, 0.3) is 0 Å². The summed E-state index contributed by atoms with van der Waals surface area (Å²) < 4.78 is 1.45. The average molecular weight is 212 g/mol. The largest absolute Gasteiger partial charge is 0.394 e. The number of nitrogen functional groups attached to an aromatic ring is 1. The van der Waals surface area contributed by atoms with Crippen molar-refractivity contribution in [2.75, 3.05) is 12.3 Å². The summed E-state index contributed by atoms with van der Waals surface area (Å²) in [7, 11) is 0. The van der Waals surface area contributed by atoms with E-state index in [2.05, 4.69) is 10.4 Å². The Hall–Kier alpha value is -1.56. The number of carbonyl (C=O) groups excluding carboxylic acids is 1. The highest BCUT2D eigenvalue weighted by molar-refractivity contribution is 5.76. The van der Waals surface area contributed by atoms with Crippen molar-refractivity contribution in [2.24, 2.45) is 0 Å². The summed E-state index contributed by atoms with van der Waals surface area (Å²) >= 11 is 0. The lowest BCUT2D eigenvalue weighted by molar-refractivity contribution is -0.122. The molecule has 0 unspecified atom stereocenters. The second-order valence-electron chi connectivity index (χ2n) is 3.29. The average Bonchev–Trinajstić information content (AvgIpc) is 2.60. The van der Waals surface area contributed by atoms with Gasteiger partial charge in [-0.15, -0.1) is 0 Å². The van der Waals surface area contributed by atoms with Crippen LogP contribution in [0.15, 0.2) is 12.3 Å². The van der Waals surface area contributed by atoms with Gasteiger partial charge in [0.15, 0.2) is 0 Å². The Labute approximate surface area is 88.1 Å². The van der Waals surface area contributed by atoms with E-state index < -0.39 is 0 Å². The number of aliphatic hydroxyl groups is 1. The zero-order chi connectivity index (χ0) is 11.3. The Morgan fingerprint density at radius 2 is 2.53 bits per heavy atom. The Bertz CT molecular complexity index is 320. The number of carbonyl (C=O) groups is 1. The van der Waals surface area contributed by atoms with Crippen LogP contribution >= 0.6 is 0 Å². The number of nitrogens with two attached hydrogens (primary N) is 1. The third-order valence-electron chi connectivity index (χ3n) is 2.05. The monoisotopic (exact) mass is 212 g/mol. The van der Waals surface area contributed by atoms with Crippen LogP contribution in [0.3, 0.4) is 0 Å². The smallest absolute Gasteiger partial charge is 0.242 e. The van der Waals surface area contributed by atoms with Crippen molar-refractivity contribution in [3.8, 4) is 0 Å². The van der Waals surface area contributed by atoms with Gasteiger partial charge in [-0.3, -0.25) is 9.48 Å². The van der Waals surface area contributed by atoms with Crippen LogP contribution in [-0.2, 0) is 11.3 Å². The first-order valence-electron chi connectivity index (χ1n) is 4.84. The highest BCUT2D eigenvalue weighted by Crippen LogP contribution is 1.96. The van der Waals surface area contributed by atoms with E-state index in [1.165, 1.54) is 4.68 Å². The minimum atomic E-state index is -0.189. The predicted octanol–water partition coefficient (Wildman–Crippen LogP) is -0.648. The third-order valence-corrected chi connectivity index (χ3v) is 2.05. The Kier molecular flexibility index (Phi) is 4.11. The van der Waals surface area contributed by atoms with Gasteiger partial charge in [-0.1, -0.05) is 6.92 Å². The van der Waals surface area contributed by atoms with Crippen LogP contribution in [0, 0.1) is 0 Å². The molecule has 6 heteroatoms. The summed E-state index contributed by atoms with van der Waals surface area (Å²) in [5.74, 6) is 0.205. The molecule has 0 aliphatic rings. The van der Waals surface area contributed by atoms with E-state index in [1.54, 1.807) is 12.3 Å². The highest BCUT2D eigenvalue weighted by Gasteiger charge is 2.09. The van der Waals surface area contributed by atoms with Gasteiger partial charge in [0, 0.05) is 6.20 Å². The van der Waals surface area contributed by atoms with Gasteiger partial charge >= 0.3 is 0 Å². The molecule has 4 N–H and O–H groups in total. The number of hydrogen-bond acceptors (Lipinski definition) is 4. The van der Waals surface area contributed by atoms with E-state index in [4.69, 9.17) is 10.8 Å². The topological polar surface area (TPSA) is 93.2 Å². The molecule has 6 nitrogen and oxygen atoms in total. The third kappa shape index (κ3) is 3.59. The summed E-state index contributed by atoms with van der Waals surface area (Å²) in [6.07, 6.45) is 2.33. The number of nitrogens with zero attached hydrogens (tertiary/aromatic N) is 2. The minimum Gasteiger partial charge on any atom is -0.394 e. The van der Waals surface area contributed by atoms with Crippen molar-refractivity contribution in [1.82, 2.24) is 15.1 Å². The number of hydrogen-bond donors (Lipinski definition) is 3. The first-order valence-corrected chi connectivity index (χ1v) is 4.84. The number of anilines is 1. The summed E-state index contributed by atoms with van der Waals surface area (Å²) in [6.45, 7) is 1.96. The second kappa shape index (κ2) is 5.35. The number of rotatable bonds is 5. The molecule has 1 rings (SSSR count). The molecule has 1 heterocycles. The van der Waals surface area contributed by atoms with E-state index in [0.717, 1.165) is 0 Å². The lowest BCUT2D eigenvalue weighted by Crippen LogP contribution is -2.38. The molecule has 0 radical (unpaired) electrons. The van der Waals surface area contributed by atoms with Crippen molar-refractivity contribution in [1.29, 1.82) is 0 Å². The minimum absolute atomic E-state index is 0.0521. The van der Waals surface area contributed by atoms with E-state index in [9.17, 15) is 4.79 Å². The Balaban J connectivity index is 2.42. The molecule has 0 saturated heterocycles. The van der Waals surface area contributed by atoms with Crippen LogP contribution in [0.2, 0.25) is 0 Å². The molecule has 0 aromatic carbocycles. The number of aromatic nitrogens is 2. The molecule has 1 aromatic heterocycles. The molecular formula is C9H16N4O2. The maximum absolute atomic E-state index is 11.4. The van der Waals surface area contributed by atoms with Crippen LogP contribution in [0.5, 0.6) is 0 Å². The summed E-state index contributed by atoms with van der Waals surface area (Å²) in [5, 5.41) is 15.5. The summed E-state index contributed by atoms with van der Waals surface area (Å²) in [4.78, 5) is 11.4.